The van der Waals surface area contributed by atoms with E-state index in [2.05, 4.69) is 31.0 Å². The van der Waals surface area contributed by atoms with Gasteiger partial charge >= 0.3 is 0 Å². The summed E-state index contributed by atoms with van der Waals surface area (Å²) in [6, 6.07) is 4.21. The topological polar surface area (TPSA) is 20.3 Å². The Hall–Kier alpha value is -1.09. The van der Waals surface area contributed by atoms with Crippen LogP contribution in [0.15, 0.2) is 30.2 Å². The molecule has 2 nitrogen and oxygen atoms in total. The molecule has 1 fully saturated rings. The Morgan fingerprint density at radius 3 is 3.19 bits per heavy atom. The number of rotatable bonds is 3. The molecule has 1 aromatic rings. The van der Waals surface area contributed by atoms with Crippen molar-refractivity contribution in [2.45, 2.75) is 31.7 Å². The fourth-order valence-electron chi connectivity index (χ4n) is 2.48. The van der Waals surface area contributed by atoms with Crippen molar-refractivity contribution < 1.29 is 4.79 Å². The maximum atomic E-state index is 11.8. The number of hydrogen-bond acceptors (Lipinski definition) is 2. The predicted octanol–water partition coefficient (Wildman–Crippen LogP) is 2.86. The minimum atomic E-state index is -0.0177. The average Bonchev–Trinajstić information content (AvgIpc) is 2.87. The highest BCUT2D eigenvalue weighted by atomic mass is 32.1. The lowest BCUT2D eigenvalue weighted by molar-refractivity contribution is -0.129. The first kappa shape index (κ1) is 11.4. The molecule has 1 aliphatic rings. The zero-order valence-corrected chi connectivity index (χ0v) is 10.4. The smallest absolute Gasteiger partial charge is 0.246 e. The molecule has 1 amide bonds. The van der Waals surface area contributed by atoms with E-state index in [4.69, 9.17) is 0 Å². The number of hydrogen-bond donors (Lipinski definition) is 0. The fourth-order valence-corrected chi connectivity index (χ4v) is 3.36. The van der Waals surface area contributed by atoms with Crippen molar-refractivity contribution in [2.24, 2.45) is 0 Å². The molecule has 0 bridgehead atoms. The quantitative estimate of drug-likeness (QED) is 0.738. The number of amides is 1. The largest absolute Gasteiger partial charge is 0.333 e. The highest BCUT2D eigenvalue weighted by Gasteiger charge is 2.38. The van der Waals surface area contributed by atoms with Gasteiger partial charge in [0.2, 0.25) is 5.91 Å². The molecule has 0 radical (unpaired) electrons. The second-order valence-corrected chi connectivity index (χ2v) is 5.58. The van der Waals surface area contributed by atoms with E-state index in [0.717, 1.165) is 25.8 Å². The van der Waals surface area contributed by atoms with E-state index in [1.165, 1.54) is 11.0 Å². The molecule has 2 heterocycles. The van der Waals surface area contributed by atoms with Crippen molar-refractivity contribution >= 4 is 17.2 Å². The molecule has 1 atom stereocenters. The normalized spacial score (nSPS) is 24.7. The number of thiophene rings is 1. The van der Waals surface area contributed by atoms with Gasteiger partial charge in [-0.05, 0) is 37.3 Å². The van der Waals surface area contributed by atoms with E-state index >= 15 is 0 Å². The SMILES string of the molecule is C=CC(=O)N1CCCC1(C)Cc1cccs1. The third-order valence-electron chi connectivity index (χ3n) is 3.32. The van der Waals surface area contributed by atoms with Gasteiger partial charge in [-0.15, -0.1) is 11.3 Å². The van der Waals surface area contributed by atoms with Crippen LogP contribution in [-0.2, 0) is 11.2 Å². The molecule has 1 aromatic heterocycles. The summed E-state index contributed by atoms with van der Waals surface area (Å²) < 4.78 is 0. The van der Waals surface area contributed by atoms with E-state index < -0.39 is 0 Å². The molecule has 2 rings (SSSR count). The Bertz CT molecular complexity index is 385. The van der Waals surface area contributed by atoms with Gasteiger partial charge in [0.1, 0.15) is 0 Å². The predicted molar refractivity (Wildman–Crippen MR) is 67.6 cm³/mol. The van der Waals surface area contributed by atoms with Crippen LogP contribution in [0.3, 0.4) is 0 Å². The van der Waals surface area contributed by atoms with Crippen molar-refractivity contribution in [2.75, 3.05) is 6.54 Å². The van der Waals surface area contributed by atoms with Gasteiger partial charge < -0.3 is 4.90 Å². The van der Waals surface area contributed by atoms with Crippen molar-refractivity contribution in [3.63, 3.8) is 0 Å². The molecule has 1 aliphatic heterocycles. The van der Waals surface area contributed by atoms with E-state index in [9.17, 15) is 4.79 Å². The van der Waals surface area contributed by atoms with Crippen molar-refractivity contribution in [1.29, 1.82) is 0 Å². The van der Waals surface area contributed by atoms with Crippen LogP contribution < -0.4 is 0 Å². The Balaban J connectivity index is 2.16. The molecule has 0 spiro atoms. The summed E-state index contributed by atoms with van der Waals surface area (Å²) in [6.45, 7) is 6.63. The maximum Gasteiger partial charge on any atom is 0.246 e. The third kappa shape index (κ3) is 2.05. The minimum Gasteiger partial charge on any atom is -0.333 e. The van der Waals surface area contributed by atoms with Crippen LogP contribution in [0.5, 0.6) is 0 Å². The number of carbonyl (C=O) groups excluding carboxylic acids is 1. The average molecular weight is 235 g/mol. The first-order valence-electron chi connectivity index (χ1n) is 5.62. The molecule has 1 unspecified atom stereocenters. The zero-order chi connectivity index (χ0) is 11.6. The van der Waals surface area contributed by atoms with E-state index in [0.29, 0.717) is 0 Å². The fraction of sp³-hybridized carbons (Fsp3) is 0.462. The Morgan fingerprint density at radius 2 is 2.56 bits per heavy atom. The summed E-state index contributed by atoms with van der Waals surface area (Å²) in [5.41, 5.74) is -0.0177. The third-order valence-corrected chi connectivity index (χ3v) is 4.20. The molecule has 0 aliphatic carbocycles. The van der Waals surface area contributed by atoms with Crippen LogP contribution in [0.2, 0.25) is 0 Å². The lowest BCUT2D eigenvalue weighted by Gasteiger charge is -2.34. The van der Waals surface area contributed by atoms with Gasteiger partial charge in [-0.25, -0.2) is 0 Å². The van der Waals surface area contributed by atoms with Crippen LogP contribution in [0, 0.1) is 0 Å². The Labute approximate surface area is 101 Å². The second kappa shape index (κ2) is 4.42. The lowest BCUT2D eigenvalue weighted by atomic mass is 9.93. The zero-order valence-electron chi connectivity index (χ0n) is 9.61. The summed E-state index contributed by atoms with van der Waals surface area (Å²) in [7, 11) is 0. The lowest BCUT2D eigenvalue weighted by Crippen LogP contribution is -2.45. The number of nitrogens with zero attached hydrogens (tertiary/aromatic N) is 1. The van der Waals surface area contributed by atoms with Gasteiger partial charge in [-0.2, -0.15) is 0 Å². The van der Waals surface area contributed by atoms with Gasteiger partial charge in [-0.3, -0.25) is 4.79 Å². The number of likely N-dealkylation sites (tertiary alicyclic amines) is 1. The van der Waals surface area contributed by atoms with Crippen LogP contribution in [-0.4, -0.2) is 22.9 Å². The monoisotopic (exact) mass is 235 g/mol. The highest BCUT2D eigenvalue weighted by Crippen LogP contribution is 2.33. The minimum absolute atomic E-state index is 0.0177. The molecule has 86 valence electrons. The van der Waals surface area contributed by atoms with Crippen LogP contribution in [0.1, 0.15) is 24.6 Å². The van der Waals surface area contributed by atoms with Crippen molar-refractivity contribution in [3.05, 3.63) is 35.0 Å². The standard InChI is InChI=1S/C13H17NOS/c1-3-12(15)14-8-5-7-13(14,2)10-11-6-4-9-16-11/h3-4,6,9H,1,5,7-8,10H2,2H3. The molecular weight excluding hydrogens is 218 g/mol. The molecule has 3 heteroatoms. The van der Waals surface area contributed by atoms with Gasteiger partial charge in [0.15, 0.2) is 0 Å². The van der Waals surface area contributed by atoms with Gasteiger partial charge in [0.25, 0.3) is 0 Å². The Morgan fingerprint density at radius 1 is 1.75 bits per heavy atom. The van der Waals surface area contributed by atoms with Crippen LogP contribution >= 0.6 is 11.3 Å². The summed E-state index contributed by atoms with van der Waals surface area (Å²) in [4.78, 5) is 15.1. The summed E-state index contributed by atoms with van der Waals surface area (Å²) in [6.07, 6.45) is 4.58. The van der Waals surface area contributed by atoms with Crippen LogP contribution in [0.25, 0.3) is 0 Å². The molecular formula is C13H17NOS. The summed E-state index contributed by atoms with van der Waals surface area (Å²) >= 11 is 1.77. The molecule has 0 N–H and O–H groups in total. The first-order chi connectivity index (χ1) is 7.65. The summed E-state index contributed by atoms with van der Waals surface area (Å²) in [5, 5.41) is 2.09. The second-order valence-electron chi connectivity index (χ2n) is 4.55. The highest BCUT2D eigenvalue weighted by molar-refractivity contribution is 7.09. The Kier molecular flexibility index (Phi) is 3.15. The molecule has 0 saturated carbocycles. The summed E-state index contributed by atoms with van der Waals surface area (Å²) in [5.74, 6) is 0.0663. The van der Waals surface area contributed by atoms with E-state index in [1.54, 1.807) is 11.3 Å². The van der Waals surface area contributed by atoms with Crippen LogP contribution in [0.4, 0.5) is 0 Å². The van der Waals surface area contributed by atoms with Gasteiger partial charge in [-0.1, -0.05) is 12.6 Å². The maximum absolute atomic E-state index is 11.8. The van der Waals surface area contributed by atoms with Gasteiger partial charge in [0, 0.05) is 23.4 Å². The van der Waals surface area contributed by atoms with Crippen molar-refractivity contribution in [3.8, 4) is 0 Å². The van der Waals surface area contributed by atoms with Crippen molar-refractivity contribution in [1.82, 2.24) is 4.90 Å². The van der Waals surface area contributed by atoms with Gasteiger partial charge in [0.05, 0.1) is 0 Å². The molecule has 16 heavy (non-hydrogen) atoms. The molecule has 1 saturated heterocycles. The molecule has 0 aromatic carbocycles. The van der Waals surface area contributed by atoms with E-state index in [1.807, 2.05) is 4.90 Å². The first-order valence-corrected chi connectivity index (χ1v) is 6.50. The number of carbonyl (C=O) groups is 1. The van der Waals surface area contributed by atoms with E-state index in [-0.39, 0.29) is 11.4 Å².